The minimum atomic E-state index is 0.184. The lowest BCUT2D eigenvalue weighted by Gasteiger charge is -2.32. The Morgan fingerprint density at radius 1 is 1.25 bits per heavy atom. The quantitative estimate of drug-likeness (QED) is 0.818. The van der Waals surface area contributed by atoms with Crippen LogP contribution in [0.25, 0.3) is 0 Å². The molecule has 1 aromatic rings. The maximum atomic E-state index is 4.85. The minimum absolute atomic E-state index is 0.184. The van der Waals surface area contributed by atoms with E-state index in [1.165, 1.54) is 55.6 Å². The number of hydrogen-bond donors (Lipinski definition) is 1. The van der Waals surface area contributed by atoms with Gasteiger partial charge in [-0.25, -0.2) is 4.98 Å². The third kappa shape index (κ3) is 3.09. The molecule has 0 radical (unpaired) electrons. The first kappa shape index (κ1) is 14.5. The molecule has 0 saturated heterocycles. The third-order valence-electron chi connectivity index (χ3n) is 5.15. The zero-order valence-electron chi connectivity index (χ0n) is 13.1. The summed E-state index contributed by atoms with van der Waals surface area (Å²) < 4.78 is 0. The molecule has 112 valence electrons. The average Bonchev–Trinajstić information content (AvgIpc) is 3.15. The van der Waals surface area contributed by atoms with E-state index < -0.39 is 0 Å². The van der Waals surface area contributed by atoms with E-state index in [0.717, 1.165) is 17.9 Å². The summed E-state index contributed by atoms with van der Waals surface area (Å²) in [6.07, 6.45) is 9.38. The number of aromatic nitrogens is 1. The Hall–Kier alpha value is -0.410. The highest BCUT2D eigenvalue weighted by Crippen LogP contribution is 2.43. The molecule has 1 aromatic heterocycles. The Morgan fingerprint density at radius 2 is 2.05 bits per heavy atom. The summed E-state index contributed by atoms with van der Waals surface area (Å²) in [5, 5.41) is 7.56. The fraction of sp³-hybridized carbons (Fsp3) is 0.824. The number of thiazole rings is 1. The van der Waals surface area contributed by atoms with Crippen molar-refractivity contribution in [3.63, 3.8) is 0 Å². The standard InChI is InChI=1S/C17H28N2S/c1-12(2)14-5-4-9-17(10-8-14,19-15-6-7-15)16-18-13(3)11-20-16/h11-12,14-15,19H,4-10H2,1-3H3. The summed E-state index contributed by atoms with van der Waals surface area (Å²) in [5.74, 6) is 1.73. The highest BCUT2D eigenvalue weighted by Gasteiger charge is 2.41. The van der Waals surface area contributed by atoms with Crippen LogP contribution in [0.5, 0.6) is 0 Å². The zero-order valence-corrected chi connectivity index (χ0v) is 13.9. The van der Waals surface area contributed by atoms with Gasteiger partial charge in [0, 0.05) is 17.1 Å². The van der Waals surface area contributed by atoms with Crippen molar-refractivity contribution in [2.24, 2.45) is 11.8 Å². The van der Waals surface area contributed by atoms with Crippen molar-refractivity contribution in [2.75, 3.05) is 0 Å². The molecule has 0 amide bonds. The molecule has 0 spiro atoms. The molecule has 1 heterocycles. The molecule has 2 aliphatic rings. The van der Waals surface area contributed by atoms with Crippen LogP contribution in [0.2, 0.25) is 0 Å². The molecule has 1 N–H and O–H groups in total. The van der Waals surface area contributed by atoms with Crippen molar-refractivity contribution < 1.29 is 0 Å². The summed E-state index contributed by atoms with van der Waals surface area (Å²) in [5.41, 5.74) is 1.37. The average molecular weight is 292 g/mol. The molecule has 0 aliphatic heterocycles. The molecular weight excluding hydrogens is 264 g/mol. The summed E-state index contributed by atoms with van der Waals surface area (Å²) in [6, 6.07) is 0.759. The van der Waals surface area contributed by atoms with Crippen LogP contribution >= 0.6 is 11.3 Å². The molecule has 2 fully saturated rings. The van der Waals surface area contributed by atoms with Crippen LogP contribution < -0.4 is 5.32 Å². The van der Waals surface area contributed by atoms with Crippen LogP contribution in [0.4, 0.5) is 0 Å². The lowest BCUT2D eigenvalue weighted by Crippen LogP contribution is -2.43. The molecule has 20 heavy (non-hydrogen) atoms. The lowest BCUT2D eigenvalue weighted by atomic mass is 9.86. The minimum Gasteiger partial charge on any atom is -0.303 e. The van der Waals surface area contributed by atoms with Gasteiger partial charge in [0.2, 0.25) is 0 Å². The highest BCUT2D eigenvalue weighted by atomic mass is 32.1. The predicted octanol–water partition coefficient (Wildman–Crippen LogP) is 4.64. The maximum Gasteiger partial charge on any atom is 0.113 e. The van der Waals surface area contributed by atoms with Gasteiger partial charge in [0.25, 0.3) is 0 Å². The summed E-state index contributed by atoms with van der Waals surface area (Å²) in [4.78, 5) is 4.85. The van der Waals surface area contributed by atoms with Gasteiger partial charge in [-0.2, -0.15) is 0 Å². The van der Waals surface area contributed by atoms with Gasteiger partial charge in [0.1, 0.15) is 5.01 Å². The Morgan fingerprint density at radius 3 is 2.65 bits per heavy atom. The van der Waals surface area contributed by atoms with Crippen molar-refractivity contribution in [3.8, 4) is 0 Å². The first-order valence-corrected chi connectivity index (χ1v) is 9.17. The van der Waals surface area contributed by atoms with Crippen LogP contribution in [0, 0.1) is 18.8 Å². The van der Waals surface area contributed by atoms with Gasteiger partial charge in [-0.05, 0) is 50.9 Å². The molecule has 2 unspecified atom stereocenters. The van der Waals surface area contributed by atoms with Crippen molar-refractivity contribution >= 4 is 11.3 Å². The van der Waals surface area contributed by atoms with Gasteiger partial charge in [0.15, 0.2) is 0 Å². The number of hydrogen-bond acceptors (Lipinski definition) is 3. The molecule has 2 atom stereocenters. The molecule has 0 bridgehead atoms. The van der Waals surface area contributed by atoms with Crippen molar-refractivity contribution in [3.05, 3.63) is 16.1 Å². The Labute approximate surface area is 127 Å². The van der Waals surface area contributed by atoms with Gasteiger partial charge >= 0.3 is 0 Å². The second-order valence-corrected chi connectivity index (χ2v) is 8.09. The van der Waals surface area contributed by atoms with Crippen LogP contribution in [-0.2, 0) is 5.54 Å². The fourth-order valence-corrected chi connectivity index (χ4v) is 4.67. The SMILES string of the molecule is Cc1csc(C2(NC3CC3)CCCC(C(C)C)CC2)n1. The van der Waals surface area contributed by atoms with E-state index in [1.807, 2.05) is 11.3 Å². The van der Waals surface area contributed by atoms with Crippen LogP contribution in [0.15, 0.2) is 5.38 Å². The lowest BCUT2D eigenvalue weighted by molar-refractivity contribution is 0.272. The first-order chi connectivity index (χ1) is 9.59. The number of nitrogens with one attached hydrogen (secondary N) is 1. The normalized spacial score (nSPS) is 31.5. The number of nitrogens with zero attached hydrogens (tertiary/aromatic N) is 1. The summed E-state index contributed by atoms with van der Waals surface area (Å²) in [6.45, 7) is 6.90. The largest absolute Gasteiger partial charge is 0.303 e. The fourth-order valence-electron chi connectivity index (χ4n) is 3.65. The van der Waals surface area contributed by atoms with E-state index in [1.54, 1.807) is 0 Å². The van der Waals surface area contributed by atoms with Crippen molar-refractivity contribution in [1.82, 2.24) is 10.3 Å². The van der Waals surface area contributed by atoms with Gasteiger partial charge < -0.3 is 5.32 Å². The Bertz CT molecular complexity index is 450. The van der Waals surface area contributed by atoms with Crippen LogP contribution in [0.1, 0.15) is 69.5 Å². The van der Waals surface area contributed by atoms with E-state index >= 15 is 0 Å². The molecule has 2 saturated carbocycles. The van der Waals surface area contributed by atoms with E-state index in [9.17, 15) is 0 Å². The first-order valence-electron chi connectivity index (χ1n) is 8.29. The Balaban J connectivity index is 1.82. The van der Waals surface area contributed by atoms with Gasteiger partial charge in [0.05, 0.1) is 5.54 Å². The molecule has 3 heteroatoms. The smallest absolute Gasteiger partial charge is 0.113 e. The third-order valence-corrected chi connectivity index (χ3v) is 6.31. The van der Waals surface area contributed by atoms with E-state index in [2.05, 4.69) is 31.5 Å². The zero-order chi connectivity index (χ0) is 14.2. The molecule has 3 rings (SSSR count). The summed E-state index contributed by atoms with van der Waals surface area (Å²) in [7, 11) is 0. The molecule has 2 nitrogen and oxygen atoms in total. The van der Waals surface area contributed by atoms with Crippen LogP contribution in [0.3, 0.4) is 0 Å². The topological polar surface area (TPSA) is 24.9 Å². The van der Waals surface area contributed by atoms with Gasteiger partial charge in [-0.3, -0.25) is 0 Å². The van der Waals surface area contributed by atoms with Crippen molar-refractivity contribution in [2.45, 2.75) is 77.3 Å². The summed E-state index contributed by atoms with van der Waals surface area (Å²) >= 11 is 1.87. The number of rotatable bonds is 4. The second-order valence-electron chi connectivity index (χ2n) is 7.23. The maximum absolute atomic E-state index is 4.85. The Kier molecular flexibility index (Phi) is 4.19. The van der Waals surface area contributed by atoms with Crippen molar-refractivity contribution in [1.29, 1.82) is 0 Å². The number of aryl methyl sites for hydroxylation is 1. The van der Waals surface area contributed by atoms with E-state index in [0.29, 0.717) is 0 Å². The van der Waals surface area contributed by atoms with E-state index in [4.69, 9.17) is 4.98 Å². The monoisotopic (exact) mass is 292 g/mol. The van der Waals surface area contributed by atoms with Gasteiger partial charge in [-0.15, -0.1) is 11.3 Å². The second kappa shape index (κ2) is 5.76. The molecule has 0 aromatic carbocycles. The van der Waals surface area contributed by atoms with E-state index in [-0.39, 0.29) is 5.54 Å². The predicted molar refractivity (Wildman–Crippen MR) is 86.1 cm³/mol. The van der Waals surface area contributed by atoms with Crippen LogP contribution in [-0.4, -0.2) is 11.0 Å². The van der Waals surface area contributed by atoms with Gasteiger partial charge in [-0.1, -0.05) is 26.7 Å². The molecular formula is C17H28N2S. The molecule has 2 aliphatic carbocycles. The highest BCUT2D eigenvalue weighted by molar-refractivity contribution is 7.09.